The molecule has 0 aromatic heterocycles. The topological polar surface area (TPSA) is 38.0 Å². The Bertz CT molecular complexity index is 243. The molecule has 0 saturated heterocycles. The van der Waals surface area contributed by atoms with Gasteiger partial charge in [0, 0.05) is 24.7 Å². The fraction of sp³-hybridized carbons (Fsp3) is 0.333. The summed E-state index contributed by atoms with van der Waals surface area (Å²) in [5.41, 5.74) is 6.45. The van der Waals surface area contributed by atoms with Crippen LogP contribution >= 0.6 is 36.4 Å². The summed E-state index contributed by atoms with van der Waals surface area (Å²) < 4.78 is 0. The lowest BCUT2D eigenvalue weighted by molar-refractivity contribution is 0.695. The summed E-state index contributed by atoms with van der Waals surface area (Å²) in [6.45, 7) is 2.27. The Morgan fingerprint density at radius 1 is 1.21 bits per heavy atom. The third-order valence-corrected chi connectivity index (χ3v) is 1.96. The summed E-state index contributed by atoms with van der Waals surface area (Å²) >= 11 is 5.93. The van der Waals surface area contributed by atoms with Crippen LogP contribution in [-0.2, 0) is 6.54 Å². The molecule has 0 spiro atoms. The second-order valence-corrected chi connectivity index (χ2v) is 2.96. The lowest BCUT2D eigenvalue weighted by Crippen LogP contribution is -2.21. The van der Waals surface area contributed by atoms with Crippen LogP contribution in [0.3, 0.4) is 0 Å². The molecule has 5 heteroatoms. The number of hydrogen-bond donors (Lipinski definition) is 2. The summed E-state index contributed by atoms with van der Waals surface area (Å²) in [7, 11) is 0. The normalized spacial score (nSPS) is 8.71. The molecule has 82 valence electrons. The molecule has 0 saturated carbocycles. The van der Waals surface area contributed by atoms with Crippen LogP contribution in [0.2, 0.25) is 5.02 Å². The van der Waals surface area contributed by atoms with Crippen LogP contribution in [0.15, 0.2) is 24.3 Å². The quantitative estimate of drug-likeness (QED) is 0.812. The van der Waals surface area contributed by atoms with E-state index in [0.29, 0.717) is 6.54 Å². The number of nitrogens with two attached hydrogens (primary N) is 1. The van der Waals surface area contributed by atoms with Crippen molar-refractivity contribution in [2.75, 3.05) is 13.1 Å². The number of benzene rings is 1. The third-order valence-electron chi connectivity index (χ3n) is 1.59. The molecule has 0 atom stereocenters. The highest BCUT2D eigenvalue weighted by molar-refractivity contribution is 6.31. The van der Waals surface area contributed by atoms with E-state index < -0.39 is 0 Å². The Morgan fingerprint density at radius 2 is 1.86 bits per heavy atom. The molecule has 3 N–H and O–H groups in total. The van der Waals surface area contributed by atoms with Crippen molar-refractivity contribution < 1.29 is 0 Å². The van der Waals surface area contributed by atoms with Crippen LogP contribution in [0.25, 0.3) is 0 Å². The summed E-state index contributed by atoms with van der Waals surface area (Å²) in [6.07, 6.45) is 0. The van der Waals surface area contributed by atoms with Gasteiger partial charge in [-0.25, -0.2) is 0 Å². The molecule has 0 fully saturated rings. The zero-order valence-electron chi connectivity index (χ0n) is 7.70. The predicted octanol–water partition coefficient (Wildman–Crippen LogP) is 2.23. The van der Waals surface area contributed by atoms with Crippen LogP contribution in [0.5, 0.6) is 0 Å². The van der Waals surface area contributed by atoms with Crippen molar-refractivity contribution in [2.45, 2.75) is 6.54 Å². The van der Waals surface area contributed by atoms with Crippen LogP contribution in [-0.4, -0.2) is 13.1 Å². The largest absolute Gasteiger partial charge is 0.329 e. The first-order chi connectivity index (χ1) is 5.84. The van der Waals surface area contributed by atoms with Crippen LogP contribution in [0, 0.1) is 0 Å². The molecular weight excluding hydrogens is 242 g/mol. The Hall–Kier alpha value is 0.01000. The van der Waals surface area contributed by atoms with Gasteiger partial charge in [-0.1, -0.05) is 29.8 Å². The zero-order chi connectivity index (χ0) is 8.81. The van der Waals surface area contributed by atoms with E-state index in [1.165, 1.54) is 0 Å². The molecule has 0 heterocycles. The van der Waals surface area contributed by atoms with Gasteiger partial charge in [0.05, 0.1) is 0 Å². The van der Waals surface area contributed by atoms with E-state index in [9.17, 15) is 0 Å². The van der Waals surface area contributed by atoms with Gasteiger partial charge in [0.15, 0.2) is 0 Å². The smallest absolute Gasteiger partial charge is 0.0450 e. The van der Waals surface area contributed by atoms with Crippen molar-refractivity contribution in [2.24, 2.45) is 5.73 Å². The second kappa shape index (κ2) is 9.56. The first-order valence-corrected chi connectivity index (χ1v) is 4.36. The van der Waals surface area contributed by atoms with Crippen molar-refractivity contribution in [3.8, 4) is 0 Å². The van der Waals surface area contributed by atoms with Gasteiger partial charge >= 0.3 is 0 Å². The van der Waals surface area contributed by atoms with Gasteiger partial charge in [0.25, 0.3) is 0 Å². The summed E-state index contributed by atoms with van der Waals surface area (Å²) in [5, 5.41) is 3.99. The van der Waals surface area contributed by atoms with E-state index in [2.05, 4.69) is 5.32 Å². The SMILES string of the molecule is Cl.Cl.NCCNCc1ccccc1Cl. The molecule has 1 aromatic carbocycles. The van der Waals surface area contributed by atoms with Gasteiger partial charge < -0.3 is 11.1 Å². The molecule has 2 nitrogen and oxygen atoms in total. The third kappa shape index (κ3) is 5.68. The van der Waals surface area contributed by atoms with Crippen molar-refractivity contribution in [1.82, 2.24) is 5.32 Å². The minimum Gasteiger partial charge on any atom is -0.329 e. The molecule has 0 radical (unpaired) electrons. The molecule has 1 aromatic rings. The summed E-state index contributed by atoms with van der Waals surface area (Å²) in [5.74, 6) is 0. The van der Waals surface area contributed by atoms with Gasteiger partial charge in [-0.05, 0) is 11.6 Å². The van der Waals surface area contributed by atoms with Gasteiger partial charge in [-0.3, -0.25) is 0 Å². The van der Waals surface area contributed by atoms with E-state index in [-0.39, 0.29) is 24.8 Å². The Balaban J connectivity index is 0. The van der Waals surface area contributed by atoms with Crippen molar-refractivity contribution in [1.29, 1.82) is 0 Å². The molecule has 0 unspecified atom stereocenters. The average molecular weight is 258 g/mol. The maximum absolute atomic E-state index is 5.93. The maximum Gasteiger partial charge on any atom is 0.0450 e. The lowest BCUT2D eigenvalue weighted by atomic mass is 10.2. The highest BCUT2D eigenvalue weighted by Gasteiger charge is 1.96. The van der Waals surface area contributed by atoms with Gasteiger partial charge in [-0.2, -0.15) is 0 Å². The Morgan fingerprint density at radius 3 is 2.43 bits per heavy atom. The first kappa shape index (κ1) is 16.4. The van der Waals surface area contributed by atoms with Crippen molar-refractivity contribution >= 4 is 36.4 Å². The number of nitrogens with one attached hydrogen (secondary N) is 1. The molecule has 0 amide bonds. The number of halogens is 3. The van der Waals surface area contributed by atoms with E-state index in [1.54, 1.807) is 0 Å². The molecule has 0 aliphatic rings. The highest BCUT2D eigenvalue weighted by Crippen LogP contribution is 2.13. The van der Waals surface area contributed by atoms with Crippen LogP contribution in [0.1, 0.15) is 5.56 Å². The molecule has 14 heavy (non-hydrogen) atoms. The standard InChI is InChI=1S/C9H13ClN2.2ClH/c10-9-4-2-1-3-8(9)7-12-6-5-11;;/h1-4,12H,5-7,11H2;2*1H. The highest BCUT2D eigenvalue weighted by atomic mass is 35.5. The molecule has 1 rings (SSSR count). The van der Waals surface area contributed by atoms with E-state index in [1.807, 2.05) is 24.3 Å². The predicted molar refractivity (Wildman–Crippen MR) is 66.7 cm³/mol. The molecule has 0 aliphatic carbocycles. The Kier molecular flexibility index (Phi) is 11.2. The molecule has 0 aliphatic heterocycles. The minimum absolute atomic E-state index is 0. The lowest BCUT2D eigenvalue weighted by Gasteiger charge is -2.04. The van der Waals surface area contributed by atoms with Crippen molar-refractivity contribution in [3.05, 3.63) is 34.9 Å². The van der Waals surface area contributed by atoms with Gasteiger partial charge in [-0.15, -0.1) is 24.8 Å². The van der Waals surface area contributed by atoms with Crippen molar-refractivity contribution in [3.63, 3.8) is 0 Å². The number of hydrogen-bond acceptors (Lipinski definition) is 2. The average Bonchev–Trinajstić information content (AvgIpc) is 2.09. The fourth-order valence-electron chi connectivity index (χ4n) is 0.967. The van der Waals surface area contributed by atoms with E-state index >= 15 is 0 Å². The second-order valence-electron chi connectivity index (χ2n) is 2.56. The number of rotatable bonds is 4. The summed E-state index contributed by atoms with van der Waals surface area (Å²) in [6, 6.07) is 7.80. The fourth-order valence-corrected chi connectivity index (χ4v) is 1.17. The van der Waals surface area contributed by atoms with E-state index in [4.69, 9.17) is 17.3 Å². The maximum atomic E-state index is 5.93. The van der Waals surface area contributed by atoms with Crippen LogP contribution < -0.4 is 11.1 Å². The zero-order valence-corrected chi connectivity index (χ0v) is 10.1. The van der Waals surface area contributed by atoms with Gasteiger partial charge in [0.1, 0.15) is 0 Å². The minimum atomic E-state index is 0. The molecule has 0 bridgehead atoms. The Labute approximate surface area is 102 Å². The van der Waals surface area contributed by atoms with Crippen LogP contribution in [0.4, 0.5) is 0 Å². The van der Waals surface area contributed by atoms with E-state index in [0.717, 1.165) is 23.7 Å². The monoisotopic (exact) mass is 256 g/mol. The molecular formula is C9H15Cl3N2. The summed E-state index contributed by atoms with van der Waals surface area (Å²) in [4.78, 5) is 0. The first-order valence-electron chi connectivity index (χ1n) is 3.99. The van der Waals surface area contributed by atoms with Gasteiger partial charge in [0.2, 0.25) is 0 Å².